The van der Waals surface area contributed by atoms with Crippen molar-refractivity contribution in [2.75, 3.05) is 0 Å². The first kappa shape index (κ1) is 19.2. The molecule has 0 bridgehead atoms. The molecule has 0 aliphatic carbocycles. The second-order valence-corrected chi connectivity index (χ2v) is 7.62. The summed E-state index contributed by atoms with van der Waals surface area (Å²) in [5.41, 5.74) is 3.70. The highest BCUT2D eigenvalue weighted by Gasteiger charge is 2.23. The van der Waals surface area contributed by atoms with E-state index < -0.39 is 23.4 Å². The van der Waals surface area contributed by atoms with Crippen molar-refractivity contribution in [2.45, 2.75) is 24.3 Å². The Labute approximate surface area is 161 Å². The van der Waals surface area contributed by atoms with Gasteiger partial charge in [-0.25, -0.2) is 0 Å². The van der Waals surface area contributed by atoms with Gasteiger partial charge in [-0.2, -0.15) is 5.10 Å². The van der Waals surface area contributed by atoms with Crippen molar-refractivity contribution < 1.29 is 14.5 Å². The van der Waals surface area contributed by atoms with Crippen LogP contribution in [0.2, 0.25) is 0 Å². The highest BCUT2D eigenvalue weighted by Crippen LogP contribution is 2.26. The first-order valence-corrected chi connectivity index (χ1v) is 9.63. The Balaban J connectivity index is 1.86. The Hall–Kier alpha value is -2.61. The van der Waals surface area contributed by atoms with Crippen LogP contribution in [0, 0.1) is 6.92 Å². The average molecular weight is 383 g/mol. The van der Waals surface area contributed by atoms with Gasteiger partial charge in [0.2, 0.25) is 0 Å². The number of hydrogen-bond acceptors (Lipinski definition) is 4. The molecule has 2 aromatic carbocycles. The molecule has 0 radical (unpaired) electrons. The van der Waals surface area contributed by atoms with Crippen LogP contribution in [-0.4, -0.2) is 25.4 Å². The number of nitrogens with one attached hydrogen (secondary N) is 1. The zero-order chi connectivity index (χ0) is 19.4. The maximum atomic E-state index is 12.7. The van der Waals surface area contributed by atoms with Crippen LogP contribution in [0.3, 0.4) is 0 Å². The van der Waals surface area contributed by atoms with Gasteiger partial charge in [0.1, 0.15) is 0 Å². The summed E-state index contributed by atoms with van der Waals surface area (Å²) in [5.74, 6) is -0.958. The fourth-order valence-corrected chi connectivity index (χ4v) is 3.76. The smallest absolute Gasteiger partial charge is 0.305 e. The monoisotopic (exact) mass is 383 g/mol. The molecular weight excluding hydrogens is 362 g/mol. The fourth-order valence-electron chi connectivity index (χ4n) is 2.77. The summed E-state index contributed by atoms with van der Waals surface area (Å²) in [6.07, 6.45) is 3.47. The topological polar surface area (TPSA) is 90.2 Å². The summed E-state index contributed by atoms with van der Waals surface area (Å²) >= 11 is -1.52. The zero-order valence-electron chi connectivity index (χ0n) is 15.1. The summed E-state index contributed by atoms with van der Waals surface area (Å²) in [7, 11) is 1.84. The Bertz CT molecular complexity index is 924. The van der Waals surface area contributed by atoms with E-state index in [1.165, 1.54) is 0 Å². The van der Waals surface area contributed by atoms with Crippen LogP contribution in [0.5, 0.6) is 0 Å². The number of hydrogen-bond donors (Lipinski definition) is 2. The minimum absolute atomic E-state index is 0.173. The Morgan fingerprint density at radius 1 is 1.26 bits per heavy atom. The maximum Gasteiger partial charge on any atom is 0.305 e. The van der Waals surface area contributed by atoms with Crippen LogP contribution in [0.4, 0.5) is 0 Å². The number of benzene rings is 2. The van der Waals surface area contributed by atoms with E-state index in [1.807, 2.05) is 56.6 Å². The van der Waals surface area contributed by atoms with Crippen molar-refractivity contribution in [2.24, 2.45) is 7.05 Å². The molecule has 1 unspecified atom stereocenters. The first-order valence-electron chi connectivity index (χ1n) is 8.48. The van der Waals surface area contributed by atoms with Gasteiger partial charge >= 0.3 is 5.97 Å². The van der Waals surface area contributed by atoms with E-state index in [0.29, 0.717) is 4.90 Å². The lowest BCUT2D eigenvalue weighted by atomic mass is 10.00. The summed E-state index contributed by atoms with van der Waals surface area (Å²) in [6, 6.07) is 14.3. The normalized spacial score (nSPS) is 13.3. The molecule has 0 spiro atoms. The molecule has 27 heavy (non-hydrogen) atoms. The molecule has 3 rings (SSSR count). The van der Waals surface area contributed by atoms with Crippen molar-refractivity contribution in [1.82, 2.24) is 14.5 Å². The van der Waals surface area contributed by atoms with E-state index >= 15 is 0 Å². The third kappa shape index (κ3) is 4.97. The number of carboxylic acids is 1. The van der Waals surface area contributed by atoms with Crippen molar-refractivity contribution in [3.8, 4) is 11.1 Å². The van der Waals surface area contributed by atoms with E-state index in [4.69, 9.17) is 0 Å². The summed E-state index contributed by atoms with van der Waals surface area (Å²) in [6.45, 7) is 1.96. The van der Waals surface area contributed by atoms with Gasteiger partial charge in [0.25, 0.3) is 0 Å². The van der Waals surface area contributed by atoms with Crippen LogP contribution < -0.4 is 4.72 Å². The van der Waals surface area contributed by atoms with Gasteiger partial charge in [0.05, 0.1) is 30.0 Å². The van der Waals surface area contributed by atoms with Gasteiger partial charge in [-0.3, -0.25) is 9.48 Å². The molecular formula is C20H21N3O3S. The predicted octanol–water partition coefficient (Wildman–Crippen LogP) is 3.22. The van der Waals surface area contributed by atoms with Crippen LogP contribution in [-0.2, 0) is 23.2 Å². The summed E-state index contributed by atoms with van der Waals surface area (Å²) in [4.78, 5) is 12.0. The third-order valence-corrected chi connectivity index (χ3v) is 5.39. The maximum absolute atomic E-state index is 12.7. The lowest BCUT2D eigenvalue weighted by Crippen LogP contribution is -2.30. The van der Waals surface area contributed by atoms with Crippen molar-refractivity contribution in [3.63, 3.8) is 0 Å². The molecule has 0 saturated heterocycles. The standard InChI is InChI=1S/C20H21N3O3S/c1-14-6-8-18(9-7-14)27(26)22-19(11-20(24)25)16-5-3-4-15(10-16)17-12-21-23(2)13-17/h3-10,12-13,19,22H,11H2,1-2H3,(H,24,25)/t19-,27?/m0/s1. The summed E-state index contributed by atoms with van der Waals surface area (Å²) < 4.78 is 17.3. The number of aromatic nitrogens is 2. The minimum atomic E-state index is -1.52. The fraction of sp³-hybridized carbons (Fsp3) is 0.200. The van der Waals surface area contributed by atoms with Gasteiger partial charge in [-0.05, 0) is 36.2 Å². The molecule has 1 aromatic heterocycles. The summed E-state index contributed by atoms with van der Waals surface area (Å²) in [5, 5.41) is 13.5. The van der Waals surface area contributed by atoms with Crippen LogP contribution in [0.1, 0.15) is 23.6 Å². The molecule has 7 heteroatoms. The van der Waals surface area contributed by atoms with Gasteiger partial charge in [0, 0.05) is 18.8 Å². The zero-order valence-corrected chi connectivity index (χ0v) is 15.9. The van der Waals surface area contributed by atoms with Gasteiger partial charge < -0.3 is 9.66 Å². The van der Waals surface area contributed by atoms with E-state index in [-0.39, 0.29) is 6.42 Å². The lowest BCUT2D eigenvalue weighted by Gasteiger charge is -2.19. The largest absolute Gasteiger partial charge is 0.593 e. The molecule has 1 heterocycles. The molecule has 0 fully saturated rings. The number of rotatable bonds is 7. The van der Waals surface area contributed by atoms with Crippen molar-refractivity contribution in [1.29, 1.82) is 0 Å². The molecule has 0 aliphatic heterocycles. The van der Waals surface area contributed by atoms with Crippen LogP contribution in [0.25, 0.3) is 11.1 Å². The van der Waals surface area contributed by atoms with Crippen molar-refractivity contribution in [3.05, 3.63) is 72.1 Å². The van der Waals surface area contributed by atoms with E-state index in [9.17, 15) is 14.5 Å². The number of aryl methyl sites for hydroxylation is 2. The molecule has 0 amide bonds. The SMILES string of the molecule is Cc1ccc([S+]([O-])N[C@@H](CC(=O)O)c2cccc(-c3cnn(C)c3)c2)cc1. The second kappa shape index (κ2) is 8.39. The Morgan fingerprint density at radius 2 is 2.00 bits per heavy atom. The van der Waals surface area contributed by atoms with Gasteiger partial charge in [-0.1, -0.05) is 35.9 Å². The molecule has 0 saturated carbocycles. The highest BCUT2D eigenvalue weighted by molar-refractivity contribution is 7.89. The predicted molar refractivity (Wildman–Crippen MR) is 104 cm³/mol. The Morgan fingerprint density at radius 3 is 2.63 bits per heavy atom. The molecule has 2 N–H and O–H groups in total. The number of nitrogens with zero attached hydrogens (tertiary/aromatic N) is 2. The molecule has 0 aliphatic rings. The Kier molecular flexibility index (Phi) is 5.95. The number of carboxylic acid groups (broad SMARTS) is 1. The van der Waals surface area contributed by atoms with Crippen molar-refractivity contribution >= 4 is 17.3 Å². The lowest BCUT2D eigenvalue weighted by molar-refractivity contribution is -0.137. The second-order valence-electron chi connectivity index (χ2n) is 6.38. The quantitative estimate of drug-likeness (QED) is 0.612. The number of aliphatic carboxylic acids is 1. The first-order chi connectivity index (χ1) is 12.9. The van der Waals surface area contributed by atoms with E-state index in [2.05, 4.69) is 9.82 Å². The molecule has 6 nitrogen and oxygen atoms in total. The molecule has 3 aromatic rings. The minimum Gasteiger partial charge on any atom is -0.593 e. The number of carbonyl (C=O) groups is 1. The van der Waals surface area contributed by atoms with Crippen LogP contribution >= 0.6 is 0 Å². The van der Waals surface area contributed by atoms with E-state index in [1.54, 1.807) is 23.0 Å². The molecule has 2 atom stereocenters. The van der Waals surface area contributed by atoms with Gasteiger partial charge in [-0.15, -0.1) is 4.72 Å². The highest BCUT2D eigenvalue weighted by atomic mass is 32.2. The van der Waals surface area contributed by atoms with Gasteiger partial charge in [0.15, 0.2) is 4.90 Å². The third-order valence-electron chi connectivity index (χ3n) is 4.19. The average Bonchev–Trinajstić information content (AvgIpc) is 3.08. The molecule has 140 valence electrons. The van der Waals surface area contributed by atoms with Crippen LogP contribution in [0.15, 0.2) is 65.8 Å². The van der Waals surface area contributed by atoms with E-state index in [0.717, 1.165) is 22.3 Å².